The predicted molar refractivity (Wildman–Crippen MR) is 72.0 cm³/mol. The zero-order chi connectivity index (χ0) is 14.5. The van der Waals surface area contributed by atoms with Crippen LogP contribution in [0, 0.1) is 11.6 Å². The first-order valence-corrected chi connectivity index (χ1v) is 6.35. The first-order chi connectivity index (χ1) is 9.59. The van der Waals surface area contributed by atoms with Gasteiger partial charge in [0.2, 0.25) is 0 Å². The average Bonchev–Trinajstić information content (AvgIpc) is 2.45. The number of rotatable bonds is 5. The van der Waals surface area contributed by atoms with E-state index in [1.54, 1.807) is 18.5 Å². The van der Waals surface area contributed by atoms with Gasteiger partial charge in [0, 0.05) is 25.0 Å². The number of aliphatic hydroxyl groups excluding tert-OH is 1. The molecular formula is C15H16F2N2O. The van der Waals surface area contributed by atoms with E-state index in [-0.39, 0.29) is 18.2 Å². The van der Waals surface area contributed by atoms with Crippen LogP contribution in [-0.2, 0) is 0 Å². The maximum Gasteiger partial charge on any atom is 0.131 e. The fraction of sp³-hybridized carbons (Fsp3) is 0.267. The summed E-state index contributed by atoms with van der Waals surface area (Å²) in [5.74, 6) is -1.48. The number of benzene rings is 1. The number of halogens is 2. The van der Waals surface area contributed by atoms with Crippen LogP contribution >= 0.6 is 0 Å². The van der Waals surface area contributed by atoms with Crippen LogP contribution in [0.25, 0.3) is 0 Å². The molecule has 0 saturated carbocycles. The van der Waals surface area contributed by atoms with Crippen LogP contribution in [0.5, 0.6) is 0 Å². The Morgan fingerprint density at radius 2 is 1.90 bits per heavy atom. The van der Waals surface area contributed by atoms with Gasteiger partial charge in [0.25, 0.3) is 0 Å². The second-order valence-electron chi connectivity index (χ2n) is 4.57. The summed E-state index contributed by atoms with van der Waals surface area (Å²) in [6, 6.07) is 7.15. The van der Waals surface area contributed by atoms with Crippen molar-refractivity contribution in [2.45, 2.75) is 19.1 Å². The molecule has 0 amide bonds. The quantitative estimate of drug-likeness (QED) is 0.884. The van der Waals surface area contributed by atoms with E-state index in [0.29, 0.717) is 0 Å². The van der Waals surface area contributed by atoms with Gasteiger partial charge in [-0.1, -0.05) is 12.1 Å². The van der Waals surface area contributed by atoms with E-state index in [9.17, 15) is 13.9 Å². The molecule has 0 radical (unpaired) electrons. The monoisotopic (exact) mass is 278 g/mol. The summed E-state index contributed by atoms with van der Waals surface area (Å²) in [5, 5.41) is 12.9. The summed E-state index contributed by atoms with van der Waals surface area (Å²) in [7, 11) is 0. The van der Waals surface area contributed by atoms with Crippen LogP contribution < -0.4 is 5.32 Å². The summed E-state index contributed by atoms with van der Waals surface area (Å²) in [6.07, 6.45) is 2.13. The van der Waals surface area contributed by atoms with Crippen LogP contribution in [0.2, 0.25) is 0 Å². The number of hydrogen-bond donors (Lipinski definition) is 2. The highest BCUT2D eigenvalue weighted by molar-refractivity contribution is 5.22. The topological polar surface area (TPSA) is 45.1 Å². The lowest BCUT2D eigenvalue weighted by atomic mass is 10.1. The predicted octanol–water partition coefficient (Wildman–Crippen LogP) is 2.74. The molecule has 0 spiro atoms. The lowest BCUT2D eigenvalue weighted by Crippen LogP contribution is -2.25. The summed E-state index contributed by atoms with van der Waals surface area (Å²) in [4.78, 5) is 4.00. The summed E-state index contributed by atoms with van der Waals surface area (Å²) in [5.41, 5.74) is 0.632. The number of aromatic nitrogens is 1. The third-order valence-corrected chi connectivity index (χ3v) is 3.13. The van der Waals surface area contributed by atoms with Crippen LogP contribution in [0.4, 0.5) is 8.78 Å². The Labute approximate surface area is 116 Å². The molecule has 0 aliphatic heterocycles. The van der Waals surface area contributed by atoms with E-state index in [1.807, 2.05) is 13.0 Å². The molecule has 1 unspecified atom stereocenters. The van der Waals surface area contributed by atoms with Crippen molar-refractivity contribution in [3.8, 4) is 0 Å². The third-order valence-electron chi connectivity index (χ3n) is 3.13. The fourth-order valence-corrected chi connectivity index (χ4v) is 1.97. The lowest BCUT2D eigenvalue weighted by Gasteiger charge is -2.18. The van der Waals surface area contributed by atoms with Gasteiger partial charge in [0.05, 0.1) is 11.7 Å². The molecule has 2 rings (SSSR count). The van der Waals surface area contributed by atoms with Gasteiger partial charge >= 0.3 is 0 Å². The number of nitrogens with zero attached hydrogens (tertiary/aromatic N) is 1. The van der Waals surface area contributed by atoms with Crippen LogP contribution in [0.3, 0.4) is 0 Å². The van der Waals surface area contributed by atoms with Crippen molar-refractivity contribution in [3.63, 3.8) is 0 Å². The zero-order valence-electron chi connectivity index (χ0n) is 11.1. The largest absolute Gasteiger partial charge is 0.387 e. The Balaban J connectivity index is 2.00. The van der Waals surface area contributed by atoms with Crippen molar-refractivity contribution in [1.29, 1.82) is 0 Å². The van der Waals surface area contributed by atoms with E-state index in [0.717, 1.165) is 17.7 Å². The molecule has 1 heterocycles. The SMILES string of the molecule is C[C@H](NCC(O)c1c(F)cccc1F)c1cccnc1. The molecule has 0 saturated heterocycles. The van der Waals surface area contributed by atoms with E-state index in [1.165, 1.54) is 6.07 Å². The summed E-state index contributed by atoms with van der Waals surface area (Å²) < 4.78 is 27.0. The standard InChI is InChI=1S/C15H16F2N2O/c1-10(11-4-3-7-18-8-11)19-9-14(20)15-12(16)5-2-6-13(15)17/h2-8,10,14,19-20H,9H2,1H3/t10-,14?/m0/s1. The zero-order valence-corrected chi connectivity index (χ0v) is 11.1. The molecule has 3 nitrogen and oxygen atoms in total. The Bertz CT molecular complexity index is 543. The van der Waals surface area contributed by atoms with E-state index >= 15 is 0 Å². The molecule has 106 valence electrons. The highest BCUT2D eigenvalue weighted by Crippen LogP contribution is 2.21. The number of hydrogen-bond acceptors (Lipinski definition) is 3. The van der Waals surface area contributed by atoms with Gasteiger partial charge in [-0.25, -0.2) is 8.78 Å². The molecule has 5 heteroatoms. The molecule has 0 bridgehead atoms. The van der Waals surface area contributed by atoms with Crippen molar-refractivity contribution in [2.75, 3.05) is 6.54 Å². The van der Waals surface area contributed by atoms with Gasteiger partial charge < -0.3 is 10.4 Å². The highest BCUT2D eigenvalue weighted by atomic mass is 19.1. The van der Waals surface area contributed by atoms with Gasteiger partial charge in [0.1, 0.15) is 11.6 Å². The normalized spacial score (nSPS) is 14.0. The van der Waals surface area contributed by atoms with Crippen molar-refractivity contribution in [2.24, 2.45) is 0 Å². The molecule has 0 fully saturated rings. The molecule has 2 atom stereocenters. The van der Waals surface area contributed by atoms with Crippen LogP contribution in [0.1, 0.15) is 30.2 Å². The van der Waals surface area contributed by atoms with E-state index in [2.05, 4.69) is 10.3 Å². The minimum absolute atomic E-state index is 0.0495. The Hall–Kier alpha value is -1.85. The Kier molecular flexibility index (Phi) is 4.76. The molecule has 2 aromatic rings. The first kappa shape index (κ1) is 14.6. The van der Waals surface area contributed by atoms with E-state index in [4.69, 9.17) is 0 Å². The maximum atomic E-state index is 13.5. The third kappa shape index (κ3) is 3.37. The molecule has 1 aromatic heterocycles. The molecular weight excluding hydrogens is 262 g/mol. The van der Waals surface area contributed by atoms with Gasteiger partial charge in [-0.15, -0.1) is 0 Å². The second-order valence-corrected chi connectivity index (χ2v) is 4.57. The van der Waals surface area contributed by atoms with Crippen LogP contribution in [-0.4, -0.2) is 16.6 Å². The van der Waals surface area contributed by atoms with Crippen molar-refractivity contribution >= 4 is 0 Å². The smallest absolute Gasteiger partial charge is 0.131 e. The molecule has 20 heavy (non-hydrogen) atoms. The average molecular weight is 278 g/mol. The summed E-state index contributed by atoms with van der Waals surface area (Å²) in [6.45, 7) is 1.94. The Morgan fingerprint density at radius 1 is 1.20 bits per heavy atom. The van der Waals surface area contributed by atoms with Crippen molar-refractivity contribution < 1.29 is 13.9 Å². The molecule has 1 aromatic carbocycles. The van der Waals surface area contributed by atoms with Gasteiger partial charge in [-0.3, -0.25) is 4.98 Å². The van der Waals surface area contributed by atoms with Gasteiger partial charge in [-0.05, 0) is 30.7 Å². The minimum Gasteiger partial charge on any atom is -0.387 e. The molecule has 0 aliphatic carbocycles. The molecule has 0 aliphatic rings. The molecule has 2 N–H and O–H groups in total. The second kappa shape index (κ2) is 6.54. The van der Waals surface area contributed by atoms with Crippen molar-refractivity contribution in [3.05, 3.63) is 65.5 Å². The van der Waals surface area contributed by atoms with Gasteiger partial charge in [-0.2, -0.15) is 0 Å². The first-order valence-electron chi connectivity index (χ1n) is 6.35. The number of pyridine rings is 1. The number of aliphatic hydroxyl groups is 1. The minimum atomic E-state index is -1.24. The van der Waals surface area contributed by atoms with E-state index < -0.39 is 17.7 Å². The summed E-state index contributed by atoms with van der Waals surface area (Å²) >= 11 is 0. The Morgan fingerprint density at radius 3 is 2.50 bits per heavy atom. The highest BCUT2D eigenvalue weighted by Gasteiger charge is 2.18. The maximum absolute atomic E-state index is 13.5. The van der Waals surface area contributed by atoms with Gasteiger partial charge in [0.15, 0.2) is 0 Å². The lowest BCUT2D eigenvalue weighted by molar-refractivity contribution is 0.161. The fourth-order valence-electron chi connectivity index (χ4n) is 1.97. The number of nitrogens with one attached hydrogen (secondary N) is 1. The van der Waals surface area contributed by atoms with Crippen molar-refractivity contribution in [1.82, 2.24) is 10.3 Å². The van der Waals surface area contributed by atoms with Crippen LogP contribution in [0.15, 0.2) is 42.7 Å².